The summed E-state index contributed by atoms with van der Waals surface area (Å²) >= 11 is 2.12. The van der Waals surface area contributed by atoms with Crippen LogP contribution in [0, 0.1) is 0 Å². The SMILES string of the molecule is CCCCCCCCCCC[CH2][Na].C[C](=O)[Na].O=P(O)(O)O.O=S(=O)(O)O. The van der Waals surface area contributed by atoms with Gasteiger partial charge in [-0.25, -0.2) is 4.57 Å². The van der Waals surface area contributed by atoms with Crippen LogP contribution >= 0.6 is 7.82 Å². The molecule has 27 heavy (non-hydrogen) atoms. The molecule has 0 aliphatic heterocycles. The van der Waals surface area contributed by atoms with Gasteiger partial charge in [0.05, 0.1) is 0 Å². The normalized spacial score (nSPS) is 10.5. The van der Waals surface area contributed by atoms with Crippen LogP contribution in [-0.4, -0.2) is 91.1 Å². The summed E-state index contributed by atoms with van der Waals surface area (Å²) in [6.07, 6.45) is 14.7. The van der Waals surface area contributed by atoms with E-state index in [0.29, 0.717) is 31.0 Å². The fourth-order valence-electron chi connectivity index (χ4n) is 1.74. The van der Waals surface area contributed by atoms with Crippen molar-refractivity contribution in [1.82, 2.24) is 0 Å². The van der Waals surface area contributed by atoms with Crippen molar-refractivity contribution in [3.8, 4) is 0 Å². The van der Waals surface area contributed by atoms with E-state index >= 15 is 0 Å². The Balaban J connectivity index is -0.000000155. The molecule has 156 valence electrons. The molecule has 0 aliphatic carbocycles. The molecule has 0 heterocycles. The number of unbranched alkanes of at least 4 members (excludes halogenated alkanes) is 9. The van der Waals surface area contributed by atoms with Crippen molar-refractivity contribution in [3.63, 3.8) is 0 Å². The van der Waals surface area contributed by atoms with Crippen LogP contribution in [0.2, 0.25) is 3.67 Å². The number of phosphoric acid groups is 1. The van der Waals surface area contributed by atoms with Crippen molar-refractivity contribution in [2.45, 2.75) is 81.7 Å². The molecular weight excluding hydrogens is 421 g/mol. The third-order valence-corrected chi connectivity index (χ3v) is 3.41. The number of carbonyl (C=O) groups is 1. The van der Waals surface area contributed by atoms with Gasteiger partial charge in [-0.3, -0.25) is 9.11 Å². The zero-order chi connectivity index (χ0) is 22.4. The van der Waals surface area contributed by atoms with Gasteiger partial charge < -0.3 is 14.7 Å². The van der Waals surface area contributed by atoms with E-state index in [1.54, 1.807) is 6.92 Å². The Morgan fingerprint density at radius 3 is 1.22 bits per heavy atom. The van der Waals surface area contributed by atoms with E-state index in [9.17, 15) is 4.79 Å². The van der Waals surface area contributed by atoms with Crippen LogP contribution in [0.1, 0.15) is 78.1 Å². The standard InChI is InChI=1S/C12H25.C2H3O.2Na.H3O4P.H2O4S/c1-3-5-7-9-11-12-10-8-6-4-2;1-2-3;;;2*1-5(2,3)4/h1,3-12H2,2H3;1H3;;;(H3,1,2,3,4);(H2,1,2,3,4). The third-order valence-electron chi connectivity index (χ3n) is 2.71. The average molecular weight is 454 g/mol. The molecule has 0 saturated heterocycles. The Hall–Kier alpha value is 1.65. The van der Waals surface area contributed by atoms with Crippen molar-refractivity contribution >= 4 is 77.1 Å². The predicted molar refractivity (Wildman–Crippen MR) is 107 cm³/mol. The molecule has 0 aromatic heterocycles. The van der Waals surface area contributed by atoms with Crippen molar-refractivity contribution < 1.29 is 41.6 Å². The maximum atomic E-state index is 9.51. The van der Waals surface area contributed by atoms with E-state index < -0.39 is 18.2 Å². The summed E-state index contributed by atoms with van der Waals surface area (Å²) in [6.45, 7) is 3.88. The zero-order valence-corrected chi connectivity index (χ0v) is 22.7. The molecule has 5 N–H and O–H groups in total. The molecule has 0 aromatic rings. The van der Waals surface area contributed by atoms with Gasteiger partial charge in [-0.05, 0) is 0 Å². The van der Waals surface area contributed by atoms with E-state index in [2.05, 4.69) is 6.92 Å². The van der Waals surface area contributed by atoms with Gasteiger partial charge in [0.2, 0.25) is 0 Å². The van der Waals surface area contributed by atoms with Crippen LogP contribution < -0.4 is 0 Å². The van der Waals surface area contributed by atoms with Crippen molar-refractivity contribution in [1.29, 1.82) is 0 Å². The van der Waals surface area contributed by atoms with Crippen LogP contribution in [0.4, 0.5) is 0 Å². The summed E-state index contributed by atoms with van der Waals surface area (Å²) in [5, 5.41) is 0. The first-order chi connectivity index (χ1) is 12.1. The van der Waals surface area contributed by atoms with E-state index in [1.807, 2.05) is 0 Å². The Bertz CT molecular complexity index is 425. The first kappa shape index (κ1) is 36.0. The fourth-order valence-corrected chi connectivity index (χ4v) is 2.24. The van der Waals surface area contributed by atoms with Gasteiger partial charge in [-0.2, -0.15) is 8.42 Å². The minimum absolute atomic E-state index is 0.306. The Labute approximate surface area is 198 Å². The summed E-state index contributed by atoms with van der Waals surface area (Å²) in [7, 11) is -9.31. The summed E-state index contributed by atoms with van der Waals surface area (Å²) in [4.78, 5) is 31.1. The minimum Gasteiger partial charge on any atom is -0.303 e. The van der Waals surface area contributed by atoms with Gasteiger partial charge in [0.15, 0.2) is 0 Å². The van der Waals surface area contributed by atoms with E-state index in [0.717, 1.165) is 0 Å². The van der Waals surface area contributed by atoms with Crippen molar-refractivity contribution in [3.05, 3.63) is 0 Å². The second-order valence-corrected chi connectivity index (χ2v) is 10.4. The monoisotopic (exact) mass is 454 g/mol. The molecule has 0 saturated carbocycles. The Morgan fingerprint density at radius 2 is 1.04 bits per heavy atom. The largest absolute Gasteiger partial charge is 0.466 e. The summed E-state index contributed by atoms with van der Waals surface area (Å²) in [6, 6.07) is 0. The summed E-state index contributed by atoms with van der Waals surface area (Å²) in [5.74, 6) is 0. The Kier molecular flexibility index (Phi) is 34.3. The van der Waals surface area contributed by atoms with E-state index in [4.69, 9.17) is 36.8 Å². The molecule has 0 atom stereocenters. The second kappa shape index (κ2) is 25.7. The molecule has 13 heteroatoms. The smallest absolute Gasteiger partial charge is 0.303 e. The molecular formula is C14H33Na2O9PS. The van der Waals surface area contributed by atoms with Crippen molar-refractivity contribution in [2.75, 3.05) is 0 Å². The summed E-state index contributed by atoms with van der Waals surface area (Å²) in [5.41, 5.74) is 0. The molecule has 0 bridgehead atoms. The molecule has 9 nitrogen and oxygen atoms in total. The van der Waals surface area contributed by atoms with Gasteiger partial charge in [-0.15, -0.1) is 0 Å². The number of hydrogen-bond donors (Lipinski definition) is 5. The van der Waals surface area contributed by atoms with Crippen LogP contribution in [0.15, 0.2) is 0 Å². The van der Waals surface area contributed by atoms with Gasteiger partial charge in [0.1, 0.15) is 0 Å². The topological polar surface area (TPSA) is 169 Å². The zero-order valence-electron chi connectivity index (χ0n) is 17.0. The van der Waals surface area contributed by atoms with Crippen molar-refractivity contribution in [2.24, 2.45) is 0 Å². The minimum atomic E-state index is -4.67. The van der Waals surface area contributed by atoms with E-state index in [-0.39, 0.29) is 0 Å². The maximum absolute atomic E-state index is 9.51. The van der Waals surface area contributed by atoms with Crippen LogP contribution in [0.25, 0.3) is 0 Å². The summed E-state index contributed by atoms with van der Waals surface area (Å²) < 4.78 is 42.3. The predicted octanol–water partition coefficient (Wildman–Crippen LogP) is 2.61. The van der Waals surface area contributed by atoms with Crippen LogP contribution in [0.5, 0.6) is 0 Å². The average Bonchev–Trinajstić information content (AvgIpc) is 2.41. The van der Waals surface area contributed by atoms with Crippen LogP contribution in [-0.2, 0) is 19.8 Å². The quantitative estimate of drug-likeness (QED) is 0.144. The molecule has 0 aliphatic rings. The third kappa shape index (κ3) is 134. The van der Waals surface area contributed by atoms with Gasteiger partial charge in [-0.1, -0.05) is 0 Å². The maximum Gasteiger partial charge on any atom is 0.466 e. The van der Waals surface area contributed by atoms with E-state index in [1.165, 1.54) is 95.8 Å². The van der Waals surface area contributed by atoms with Crippen LogP contribution in [0.3, 0.4) is 0 Å². The number of rotatable bonds is 10. The second-order valence-electron chi connectivity index (χ2n) is 6.05. The molecule has 0 radical (unpaired) electrons. The fraction of sp³-hybridized carbons (Fsp3) is 0.929. The molecule has 0 fully saturated rings. The molecule has 0 amide bonds. The number of hydrogen-bond acceptors (Lipinski definition) is 4. The molecule has 0 unspecified atom stereocenters. The van der Waals surface area contributed by atoms with Gasteiger partial charge >= 0.3 is 164 Å². The Morgan fingerprint density at radius 1 is 0.852 bits per heavy atom. The molecule has 0 spiro atoms. The number of carbonyl (C=O) groups excluding carboxylic acids is 1. The first-order valence-electron chi connectivity index (χ1n) is 9.10. The molecule has 0 aromatic carbocycles. The molecule has 0 rings (SSSR count). The van der Waals surface area contributed by atoms with Gasteiger partial charge in [0.25, 0.3) is 0 Å². The van der Waals surface area contributed by atoms with Gasteiger partial charge in [0, 0.05) is 0 Å². The first-order valence-corrected chi connectivity index (χ1v) is 14.5.